The van der Waals surface area contributed by atoms with E-state index >= 15 is 0 Å². The first-order valence-electron chi connectivity index (χ1n) is 8.35. The fourth-order valence-electron chi connectivity index (χ4n) is 2.96. The van der Waals surface area contributed by atoms with Crippen LogP contribution in [-0.2, 0) is 17.4 Å². The number of alkyl halides is 3. The Morgan fingerprint density at radius 1 is 1.37 bits per heavy atom. The predicted molar refractivity (Wildman–Crippen MR) is 96.4 cm³/mol. The summed E-state index contributed by atoms with van der Waals surface area (Å²) in [5, 5.41) is 0. The summed E-state index contributed by atoms with van der Waals surface area (Å²) in [4.78, 5) is 13.9. The number of halogens is 4. The number of benzene rings is 1. The Morgan fingerprint density at radius 3 is 2.56 bits per heavy atom. The maximum atomic E-state index is 14.2. The van der Waals surface area contributed by atoms with E-state index in [-0.39, 0.29) is 30.0 Å². The highest BCUT2D eigenvalue weighted by atomic mass is 19.4. The average molecular weight is 383 g/mol. The van der Waals surface area contributed by atoms with E-state index in [1.54, 1.807) is 13.8 Å². The SMILES string of the molecule is C=C(C)/C=C(/F)C(=CC)CC(=O)N1CCc2cc(OC)c(C(F)(F)F)cc21. The van der Waals surface area contributed by atoms with Crippen LogP contribution in [-0.4, -0.2) is 19.6 Å². The lowest BCUT2D eigenvalue weighted by Gasteiger charge is -2.20. The lowest BCUT2D eigenvalue weighted by Crippen LogP contribution is -2.29. The van der Waals surface area contributed by atoms with Gasteiger partial charge in [0, 0.05) is 12.2 Å². The molecule has 0 N–H and O–H groups in total. The van der Waals surface area contributed by atoms with Crippen LogP contribution in [0.2, 0.25) is 0 Å². The Labute approximate surface area is 155 Å². The minimum atomic E-state index is -4.61. The first-order chi connectivity index (χ1) is 12.6. The number of allylic oxidation sites excluding steroid dienone is 4. The van der Waals surface area contributed by atoms with E-state index < -0.39 is 23.5 Å². The molecule has 146 valence electrons. The number of nitrogens with zero attached hydrogens (tertiary/aromatic N) is 1. The lowest BCUT2D eigenvalue weighted by molar-refractivity contribution is -0.138. The Morgan fingerprint density at radius 2 is 2.04 bits per heavy atom. The van der Waals surface area contributed by atoms with Gasteiger partial charge < -0.3 is 9.64 Å². The van der Waals surface area contributed by atoms with Gasteiger partial charge in [-0.05, 0) is 49.6 Å². The van der Waals surface area contributed by atoms with Crippen molar-refractivity contribution in [2.75, 3.05) is 18.6 Å². The van der Waals surface area contributed by atoms with Crippen molar-refractivity contribution in [2.45, 2.75) is 32.9 Å². The third kappa shape index (κ3) is 4.59. The first-order valence-corrected chi connectivity index (χ1v) is 8.35. The van der Waals surface area contributed by atoms with Crippen LogP contribution >= 0.6 is 0 Å². The van der Waals surface area contributed by atoms with Crippen molar-refractivity contribution in [3.63, 3.8) is 0 Å². The molecule has 0 aliphatic carbocycles. The summed E-state index contributed by atoms with van der Waals surface area (Å²) in [6, 6.07) is 2.23. The van der Waals surface area contributed by atoms with Gasteiger partial charge in [0.25, 0.3) is 0 Å². The second-order valence-corrected chi connectivity index (χ2v) is 6.30. The molecule has 0 saturated carbocycles. The molecule has 0 aromatic heterocycles. The van der Waals surface area contributed by atoms with E-state index in [0.29, 0.717) is 17.6 Å². The fourth-order valence-corrected chi connectivity index (χ4v) is 2.96. The van der Waals surface area contributed by atoms with Crippen molar-refractivity contribution in [2.24, 2.45) is 0 Å². The molecule has 1 aliphatic rings. The number of amides is 1. The average Bonchev–Trinajstić information content (AvgIpc) is 2.99. The van der Waals surface area contributed by atoms with Gasteiger partial charge in [-0.2, -0.15) is 13.2 Å². The standard InChI is InChI=1S/C20H21F4NO2/c1-5-13(16(21)8-12(2)3)10-19(26)25-7-6-14-9-18(27-4)15(11-17(14)25)20(22,23)24/h5,8-9,11H,2,6-7,10H2,1,3-4H3/b13-5?,16-8+. The van der Waals surface area contributed by atoms with Crippen LogP contribution in [0, 0.1) is 0 Å². The van der Waals surface area contributed by atoms with Crippen molar-refractivity contribution in [1.82, 2.24) is 0 Å². The van der Waals surface area contributed by atoms with Gasteiger partial charge in [0.1, 0.15) is 11.6 Å². The van der Waals surface area contributed by atoms with Crippen molar-refractivity contribution < 1.29 is 27.1 Å². The highest BCUT2D eigenvalue weighted by Crippen LogP contribution is 2.42. The van der Waals surface area contributed by atoms with E-state index in [2.05, 4.69) is 6.58 Å². The maximum absolute atomic E-state index is 14.2. The van der Waals surface area contributed by atoms with Crippen LogP contribution in [0.5, 0.6) is 5.75 Å². The number of methoxy groups -OCH3 is 1. The monoisotopic (exact) mass is 383 g/mol. The van der Waals surface area contributed by atoms with E-state index in [1.165, 1.54) is 30.2 Å². The van der Waals surface area contributed by atoms with Gasteiger partial charge in [0.2, 0.25) is 5.91 Å². The third-order valence-corrected chi connectivity index (χ3v) is 4.27. The number of anilines is 1. The highest BCUT2D eigenvalue weighted by Gasteiger charge is 2.37. The van der Waals surface area contributed by atoms with Crippen LogP contribution in [0.4, 0.5) is 23.2 Å². The van der Waals surface area contributed by atoms with Crippen molar-refractivity contribution >= 4 is 11.6 Å². The molecule has 1 aliphatic heterocycles. The molecular formula is C20H21F4NO2. The Balaban J connectivity index is 2.34. The fraction of sp³-hybridized carbons (Fsp3) is 0.350. The number of fused-ring (bicyclic) bond motifs is 1. The molecular weight excluding hydrogens is 362 g/mol. The summed E-state index contributed by atoms with van der Waals surface area (Å²) in [5.41, 5.74) is 0.498. The second kappa shape index (κ2) is 7.98. The number of rotatable bonds is 5. The molecule has 0 unspecified atom stereocenters. The van der Waals surface area contributed by atoms with Crippen LogP contribution < -0.4 is 9.64 Å². The van der Waals surface area contributed by atoms with Gasteiger partial charge in [0.15, 0.2) is 0 Å². The van der Waals surface area contributed by atoms with E-state index in [0.717, 1.165) is 6.07 Å². The molecule has 0 bridgehead atoms. The maximum Gasteiger partial charge on any atom is 0.420 e. The topological polar surface area (TPSA) is 29.5 Å². The minimum Gasteiger partial charge on any atom is -0.496 e. The zero-order chi connectivity index (χ0) is 20.4. The van der Waals surface area contributed by atoms with Crippen molar-refractivity contribution in [1.29, 1.82) is 0 Å². The number of carbonyl (C=O) groups is 1. The summed E-state index contributed by atoms with van der Waals surface area (Å²) in [6.45, 7) is 7.05. The second-order valence-electron chi connectivity index (χ2n) is 6.30. The molecule has 0 atom stereocenters. The molecule has 0 fully saturated rings. The molecule has 1 aromatic carbocycles. The zero-order valence-corrected chi connectivity index (χ0v) is 15.4. The molecule has 0 radical (unpaired) electrons. The lowest BCUT2D eigenvalue weighted by atomic mass is 10.1. The first kappa shape index (κ1) is 20.7. The van der Waals surface area contributed by atoms with Gasteiger partial charge >= 0.3 is 6.18 Å². The van der Waals surface area contributed by atoms with Gasteiger partial charge in [-0.15, -0.1) is 0 Å². The van der Waals surface area contributed by atoms with Gasteiger partial charge in [0.05, 0.1) is 19.1 Å². The van der Waals surface area contributed by atoms with E-state index in [9.17, 15) is 22.4 Å². The molecule has 0 spiro atoms. The van der Waals surface area contributed by atoms with Crippen LogP contribution in [0.3, 0.4) is 0 Å². The Kier molecular flexibility index (Phi) is 6.13. The summed E-state index contributed by atoms with van der Waals surface area (Å²) in [5.74, 6) is -1.32. The Hall–Kier alpha value is -2.57. The molecule has 3 nitrogen and oxygen atoms in total. The zero-order valence-electron chi connectivity index (χ0n) is 15.4. The van der Waals surface area contributed by atoms with Gasteiger partial charge in [-0.1, -0.05) is 18.2 Å². The molecule has 1 aromatic rings. The molecule has 1 amide bonds. The normalized spacial score (nSPS) is 15.0. The molecule has 2 rings (SSSR count). The van der Waals surface area contributed by atoms with Crippen LogP contribution in [0.1, 0.15) is 31.4 Å². The highest BCUT2D eigenvalue weighted by molar-refractivity contribution is 5.97. The third-order valence-electron chi connectivity index (χ3n) is 4.27. The van der Waals surface area contributed by atoms with Gasteiger partial charge in [-0.25, -0.2) is 4.39 Å². The Bertz CT molecular complexity index is 822. The number of ether oxygens (including phenoxy) is 1. The summed E-state index contributed by atoms with van der Waals surface area (Å²) in [6.07, 6.45) is -1.77. The quantitative estimate of drug-likeness (QED) is 0.505. The summed E-state index contributed by atoms with van der Waals surface area (Å²) < 4.78 is 58.8. The molecule has 7 heteroatoms. The van der Waals surface area contributed by atoms with Crippen molar-refractivity contribution in [3.05, 3.63) is 59.0 Å². The number of carbonyl (C=O) groups excluding carboxylic acids is 1. The predicted octanol–water partition coefficient (Wildman–Crippen LogP) is 5.37. The van der Waals surface area contributed by atoms with Crippen LogP contribution in [0.25, 0.3) is 0 Å². The van der Waals surface area contributed by atoms with Crippen molar-refractivity contribution in [3.8, 4) is 5.75 Å². The number of hydrogen-bond donors (Lipinski definition) is 0. The van der Waals surface area contributed by atoms with Gasteiger partial charge in [-0.3, -0.25) is 4.79 Å². The smallest absolute Gasteiger partial charge is 0.420 e. The minimum absolute atomic E-state index is 0.168. The number of hydrogen-bond acceptors (Lipinski definition) is 2. The molecule has 27 heavy (non-hydrogen) atoms. The summed E-state index contributed by atoms with van der Waals surface area (Å²) in [7, 11) is 1.17. The van der Waals surface area contributed by atoms with E-state index in [4.69, 9.17) is 4.74 Å². The van der Waals surface area contributed by atoms with Crippen LogP contribution in [0.15, 0.2) is 47.8 Å². The molecule has 0 saturated heterocycles. The van der Waals surface area contributed by atoms with E-state index in [1.807, 2.05) is 0 Å². The summed E-state index contributed by atoms with van der Waals surface area (Å²) >= 11 is 0. The largest absolute Gasteiger partial charge is 0.496 e. The molecule has 1 heterocycles.